The number of benzene rings is 1. The topological polar surface area (TPSA) is 45.8 Å². The predicted octanol–water partition coefficient (Wildman–Crippen LogP) is 2.34. The Morgan fingerprint density at radius 3 is 2.73 bits per heavy atom. The van der Waals surface area contributed by atoms with E-state index in [1.807, 2.05) is 0 Å². The highest BCUT2D eigenvalue weighted by Gasteiger charge is 2.06. The normalized spacial score (nSPS) is 10.3. The summed E-state index contributed by atoms with van der Waals surface area (Å²) in [5.74, 6) is -0.190. The minimum atomic E-state index is -0.414. The van der Waals surface area contributed by atoms with Gasteiger partial charge >= 0.3 is 0 Å². The monoisotopic (exact) mass is 268 g/mol. The van der Waals surface area contributed by atoms with Gasteiger partial charge in [-0.2, -0.15) is 0 Å². The molecule has 3 nitrogen and oxygen atoms in total. The number of nitrogens with zero attached hydrogens (tertiary/aromatic N) is 1. The highest BCUT2D eigenvalue weighted by atomic mass is 79.9. The lowest BCUT2D eigenvalue weighted by atomic mass is 10.2. The zero-order chi connectivity index (χ0) is 10.8. The van der Waals surface area contributed by atoms with Gasteiger partial charge in [-0.1, -0.05) is 12.1 Å². The molecule has 15 heavy (non-hydrogen) atoms. The fraction of sp³-hybridized carbons (Fsp3) is 0. The molecule has 0 spiro atoms. The molecule has 0 unspecified atom stereocenters. The Bertz CT molecular complexity index is 553. The predicted molar refractivity (Wildman–Crippen MR) is 58.0 cm³/mol. The second kappa shape index (κ2) is 3.94. The van der Waals surface area contributed by atoms with Crippen LogP contribution in [-0.2, 0) is 0 Å². The van der Waals surface area contributed by atoms with Gasteiger partial charge in [0, 0.05) is 6.20 Å². The van der Waals surface area contributed by atoms with E-state index in [-0.39, 0.29) is 16.9 Å². The van der Waals surface area contributed by atoms with Gasteiger partial charge in [-0.15, -0.1) is 0 Å². The lowest BCUT2D eigenvalue weighted by Gasteiger charge is -2.01. The zero-order valence-corrected chi connectivity index (χ0v) is 9.08. The highest BCUT2D eigenvalue weighted by molar-refractivity contribution is 9.10. The average molecular weight is 269 g/mol. The summed E-state index contributed by atoms with van der Waals surface area (Å²) in [5, 5.41) is 0. The summed E-state index contributed by atoms with van der Waals surface area (Å²) < 4.78 is 13.7. The van der Waals surface area contributed by atoms with Crippen molar-refractivity contribution in [1.29, 1.82) is 0 Å². The van der Waals surface area contributed by atoms with Crippen molar-refractivity contribution in [3.05, 3.63) is 51.1 Å². The molecular formula is C10H6BrFN2O. The number of aromatic nitrogens is 2. The molecule has 76 valence electrons. The van der Waals surface area contributed by atoms with Crippen molar-refractivity contribution >= 4 is 15.9 Å². The summed E-state index contributed by atoms with van der Waals surface area (Å²) in [5.41, 5.74) is -0.0506. The van der Waals surface area contributed by atoms with Crippen molar-refractivity contribution in [2.75, 3.05) is 0 Å². The van der Waals surface area contributed by atoms with Crippen molar-refractivity contribution in [1.82, 2.24) is 9.97 Å². The third-order valence-electron chi connectivity index (χ3n) is 1.88. The molecule has 1 N–H and O–H groups in total. The maximum Gasteiger partial charge on any atom is 0.265 e. The first-order valence-corrected chi connectivity index (χ1v) is 4.97. The summed E-state index contributed by atoms with van der Waals surface area (Å²) >= 11 is 3.02. The molecule has 0 atom stereocenters. The van der Waals surface area contributed by atoms with Gasteiger partial charge in [-0.3, -0.25) is 4.79 Å². The van der Waals surface area contributed by atoms with E-state index in [2.05, 4.69) is 25.9 Å². The molecule has 0 amide bonds. The maximum atomic E-state index is 13.3. The Morgan fingerprint density at radius 1 is 1.33 bits per heavy atom. The molecule has 2 aromatic rings. The van der Waals surface area contributed by atoms with E-state index in [4.69, 9.17) is 0 Å². The molecule has 1 aromatic carbocycles. The Labute approximate surface area is 93.1 Å². The molecule has 0 aliphatic heterocycles. The number of halogens is 2. The molecule has 0 bridgehead atoms. The fourth-order valence-electron chi connectivity index (χ4n) is 1.17. The third kappa shape index (κ3) is 1.97. The highest BCUT2D eigenvalue weighted by Crippen LogP contribution is 2.17. The Kier molecular flexibility index (Phi) is 2.64. The molecule has 5 heteroatoms. The number of rotatable bonds is 1. The molecule has 2 rings (SSSR count). The van der Waals surface area contributed by atoms with Crippen LogP contribution in [0.3, 0.4) is 0 Å². The van der Waals surface area contributed by atoms with Gasteiger partial charge in [0.25, 0.3) is 5.56 Å². The summed E-state index contributed by atoms with van der Waals surface area (Å²) in [6.07, 6.45) is 1.35. The number of nitrogens with one attached hydrogen (secondary N) is 1. The van der Waals surface area contributed by atoms with Crippen LogP contribution >= 0.6 is 15.9 Å². The first-order valence-electron chi connectivity index (χ1n) is 4.18. The number of H-pyrrole nitrogens is 1. The van der Waals surface area contributed by atoms with Gasteiger partial charge in [0.1, 0.15) is 16.1 Å². The van der Waals surface area contributed by atoms with Gasteiger partial charge in [-0.05, 0) is 28.1 Å². The lowest BCUT2D eigenvalue weighted by molar-refractivity contribution is 0.630. The smallest absolute Gasteiger partial charge is 0.265 e. The van der Waals surface area contributed by atoms with Crippen LogP contribution in [-0.4, -0.2) is 9.97 Å². The molecule has 0 radical (unpaired) electrons. The van der Waals surface area contributed by atoms with Crippen LogP contribution in [0.1, 0.15) is 0 Å². The molecular weight excluding hydrogens is 263 g/mol. The van der Waals surface area contributed by atoms with E-state index < -0.39 is 5.82 Å². The zero-order valence-electron chi connectivity index (χ0n) is 7.50. The molecule has 0 aliphatic carbocycles. The SMILES string of the molecule is O=c1[nH]c(-c2ccccc2F)ncc1Br. The Balaban J connectivity index is 2.60. The first kappa shape index (κ1) is 10.0. The lowest BCUT2D eigenvalue weighted by Crippen LogP contribution is -2.09. The average Bonchev–Trinajstić information content (AvgIpc) is 2.23. The minimum absolute atomic E-state index is 0.223. The van der Waals surface area contributed by atoms with Crippen molar-refractivity contribution in [2.45, 2.75) is 0 Å². The fourth-order valence-corrected chi connectivity index (χ4v) is 1.37. The second-order valence-electron chi connectivity index (χ2n) is 2.89. The van der Waals surface area contributed by atoms with Crippen LogP contribution in [0.25, 0.3) is 11.4 Å². The van der Waals surface area contributed by atoms with Crippen LogP contribution in [0.15, 0.2) is 39.7 Å². The Hall–Kier alpha value is -1.49. The number of hydrogen-bond donors (Lipinski definition) is 1. The van der Waals surface area contributed by atoms with Crippen molar-refractivity contribution in [2.24, 2.45) is 0 Å². The summed E-state index contributed by atoms with van der Waals surface area (Å²) in [7, 11) is 0. The number of aromatic amines is 1. The molecule has 1 heterocycles. The molecule has 0 saturated carbocycles. The Morgan fingerprint density at radius 2 is 2.07 bits per heavy atom. The van der Waals surface area contributed by atoms with Gasteiger partial charge in [-0.25, -0.2) is 9.37 Å². The molecule has 0 aliphatic rings. The van der Waals surface area contributed by atoms with Crippen molar-refractivity contribution in [3.8, 4) is 11.4 Å². The molecule has 0 fully saturated rings. The van der Waals surface area contributed by atoms with E-state index in [0.29, 0.717) is 4.47 Å². The summed E-state index contributed by atoms with van der Waals surface area (Å²) in [4.78, 5) is 17.7. The largest absolute Gasteiger partial charge is 0.305 e. The minimum Gasteiger partial charge on any atom is -0.305 e. The quantitative estimate of drug-likeness (QED) is 0.863. The maximum absolute atomic E-state index is 13.3. The second-order valence-corrected chi connectivity index (χ2v) is 3.74. The van der Waals surface area contributed by atoms with Crippen molar-refractivity contribution < 1.29 is 4.39 Å². The summed E-state index contributed by atoms with van der Waals surface area (Å²) in [6, 6.07) is 6.13. The van der Waals surface area contributed by atoms with Crippen LogP contribution < -0.4 is 5.56 Å². The van der Waals surface area contributed by atoms with E-state index in [9.17, 15) is 9.18 Å². The van der Waals surface area contributed by atoms with E-state index >= 15 is 0 Å². The van der Waals surface area contributed by atoms with E-state index in [1.54, 1.807) is 18.2 Å². The van der Waals surface area contributed by atoms with E-state index in [1.165, 1.54) is 12.3 Å². The van der Waals surface area contributed by atoms with Gasteiger partial charge < -0.3 is 4.98 Å². The van der Waals surface area contributed by atoms with E-state index in [0.717, 1.165) is 0 Å². The van der Waals surface area contributed by atoms with Crippen molar-refractivity contribution in [3.63, 3.8) is 0 Å². The molecule has 1 aromatic heterocycles. The van der Waals surface area contributed by atoms with Crippen LogP contribution in [0, 0.1) is 5.82 Å². The molecule has 0 saturated heterocycles. The van der Waals surface area contributed by atoms with Crippen LogP contribution in [0.4, 0.5) is 4.39 Å². The first-order chi connectivity index (χ1) is 7.18. The summed E-state index contributed by atoms with van der Waals surface area (Å²) in [6.45, 7) is 0. The van der Waals surface area contributed by atoms with Crippen LogP contribution in [0.5, 0.6) is 0 Å². The number of hydrogen-bond acceptors (Lipinski definition) is 2. The third-order valence-corrected chi connectivity index (χ3v) is 2.45. The van der Waals surface area contributed by atoms with Gasteiger partial charge in [0.05, 0.1) is 5.56 Å². The standard InChI is InChI=1S/C10H6BrFN2O/c11-7-5-13-9(14-10(7)15)6-3-1-2-4-8(6)12/h1-5H,(H,13,14,15). The van der Waals surface area contributed by atoms with Gasteiger partial charge in [0.15, 0.2) is 0 Å². The van der Waals surface area contributed by atoms with Gasteiger partial charge in [0.2, 0.25) is 0 Å². The van der Waals surface area contributed by atoms with Crippen LogP contribution in [0.2, 0.25) is 0 Å².